The molecule has 0 saturated carbocycles. The molecule has 8 heteroatoms. The van der Waals surface area contributed by atoms with Crippen LogP contribution in [-0.2, 0) is 20.9 Å². The lowest BCUT2D eigenvalue weighted by Gasteiger charge is -2.17. The van der Waals surface area contributed by atoms with Gasteiger partial charge in [0.05, 0.1) is 13.0 Å². The summed E-state index contributed by atoms with van der Waals surface area (Å²) in [6.45, 7) is 2.54. The highest BCUT2D eigenvalue weighted by atomic mass is 16.5. The van der Waals surface area contributed by atoms with Crippen molar-refractivity contribution in [1.82, 2.24) is 5.32 Å². The minimum atomic E-state index is -0.419. The molecule has 0 bridgehead atoms. The number of ether oxygens (including phenoxy) is 2. The number of carbonyl (C=O) groups is 3. The Hall–Kier alpha value is -4.33. The monoisotopic (exact) mass is 487 g/mol. The summed E-state index contributed by atoms with van der Waals surface area (Å²) in [5.41, 5.74) is 3.45. The molecular weight excluding hydrogens is 458 g/mol. The van der Waals surface area contributed by atoms with Gasteiger partial charge in [0.15, 0.2) is 6.61 Å². The normalized spacial score (nSPS) is 14.9. The van der Waals surface area contributed by atoms with Crippen molar-refractivity contribution in [1.29, 1.82) is 0 Å². The molecular formula is C28H29N3O5. The van der Waals surface area contributed by atoms with Crippen LogP contribution >= 0.6 is 0 Å². The molecule has 186 valence electrons. The van der Waals surface area contributed by atoms with Crippen LogP contribution in [-0.4, -0.2) is 38.0 Å². The molecule has 1 aliphatic heterocycles. The number of carbonyl (C=O) groups excluding carboxylic acids is 3. The van der Waals surface area contributed by atoms with E-state index in [0.717, 1.165) is 16.9 Å². The Kier molecular flexibility index (Phi) is 7.85. The first kappa shape index (κ1) is 24.8. The van der Waals surface area contributed by atoms with Gasteiger partial charge in [0.1, 0.15) is 11.5 Å². The Balaban J connectivity index is 1.25. The minimum absolute atomic E-state index is 0.106. The van der Waals surface area contributed by atoms with E-state index in [4.69, 9.17) is 9.47 Å². The number of aryl methyl sites for hydroxylation is 1. The molecule has 1 fully saturated rings. The number of hydrogen-bond donors (Lipinski definition) is 2. The van der Waals surface area contributed by atoms with Gasteiger partial charge in [-0.1, -0.05) is 29.8 Å². The summed E-state index contributed by atoms with van der Waals surface area (Å²) in [6.07, 6.45) is 0.159. The number of benzene rings is 3. The van der Waals surface area contributed by atoms with Crippen LogP contribution in [0.25, 0.3) is 0 Å². The first-order valence-corrected chi connectivity index (χ1v) is 11.7. The van der Waals surface area contributed by atoms with Gasteiger partial charge in [-0.15, -0.1) is 0 Å². The van der Waals surface area contributed by atoms with Crippen LogP contribution in [0.5, 0.6) is 11.5 Å². The molecule has 0 radical (unpaired) electrons. The molecule has 2 N–H and O–H groups in total. The van der Waals surface area contributed by atoms with Crippen LogP contribution in [0.1, 0.15) is 17.5 Å². The third-order valence-corrected chi connectivity index (χ3v) is 5.98. The SMILES string of the molecule is COc1ccc(CNC(=O)C2CC(=O)N(c3ccc(OCC(=O)Nc4ccc(C)cc4)cc3)C2)cc1. The molecule has 3 aromatic rings. The maximum Gasteiger partial charge on any atom is 0.262 e. The van der Waals surface area contributed by atoms with Gasteiger partial charge in [0.2, 0.25) is 11.8 Å². The molecule has 36 heavy (non-hydrogen) atoms. The average molecular weight is 488 g/mol. The van der Waals surface area contributed by atoms with E-state index >= 15 is 0 Å². The maximum atomic E-state index is 12.6. The highest BCUT2D eigenvalue weighted by molar-refractivity contribution is 6.00. The van der Waals surface area contributed by atoms with Crippen LogP contribution in [0.15, 0.2) is 72.8 Å². The van der Waals surface area contributed by atoms with Crippen molar-refractivity contribution >= 4 is 29.1 Å². The van der Waals surface area contributed by atoms with E-state index in [9.17, 15) is 14.4 Å². The van der Waals surface area contributed by atoms with Gasteiger partial charge < -0.3 is 25.0 Å². The Morgan fingerprint density at radius 2 is 1.61 bits per heavy atom. The number of anilines is 2. The molecule has 1 aliphatic rings. The molecule has 1 atom stereocenters. The Labute approximate surface area is 210 Å². The van der Waals surface area contributed by atoms with Gasteiger partial charge in [0, 0.05) is 30.9 Å². The number of amides is 3. The molecule has 1 saturated heterocycles. The zero-order valence-corrected chi connectivity index (χ0v) is 20.3. The lowest BCUT2D eigenvalue weighted by Crippen LogP contribution is -2.32. The number of hydrogen-bond acceptors (Lipinski definition) is 5. The van der Waals surface area contributed by atoms with Gasteiger partial charge in [0.25, 0.3) is 5.91 Å². The predicted octanol–water partition coefficient (Wildman–Crippen LogP) is 3.69. The highest BCUT2D eigenvalue weighted by Gasteiger charge is 2.35. The summed E-state index contributed by atoms with van der Waals surface area (Å²) >= 11 is 0. The molecule has 0 spiro atoms. The standard InChI is InChI=1S/C28H29N3O5/c1-19-3-7-22(8-4-19)30-26(32)18-36-25-13-9-23(10-14-25)31-17-21(15-27(31)33)28(34)29-16-20-5-11-24(35-2)12-6-20/h3-14,21H,15-18H2,1-2H3,(H,29,34)(H,30,32). The Bertz CT molecular complexity index is 1210. The van der Waals surface area contributed by atoms with E-state index < -0.39 is 5.92 Å². The van der Waals surface area contributed by atoms with Crippen molar-refractivity contribution < 1.29 is 23.9 Å². The van der Waals surface area contributed by atoms with Crippen LogP contribution in [0, 0.1) is 12.8 Å². The fourth-order valence-corrected chi connectivity index (χ4v) is 3.91. The first-order valence-electron chi connectivity index (χ1n) is 11.7. The zero-order valence-electron chi connectivity index (χ0n) is 20.3. The van der Waals surface area contributed by atoms with Crippen LogP contribution < -0.4 is 25.0 Å². The van der Waals surface area contributed by atoms with Crippen molar-refractivity contribution in [3.8, 4) is 11.5 Å². The van der Waals surface area contributed by atoms with Crippen molar-refractivity contribution in [3.63, 3.8) is 0 Å². The second-order valence-corrected chi connectivity index (χ2v) is 8.67. The summed E-state index contributed by atoms with van der Waals surface area (Å²) in [6, 6.07) is 21.9. The van der Waals surface area contributed by atoms with Crippen molar-refractivity contribution in [3.05, 3.63) is 83.9 Å². The van der Waals surface area contributed by atoms with Crippen molar-refractivity contribution in [2.75, 3.05) is 30.5 Å². The van der Waals surface area contributed by atoms with Crippen molar-refractivity contribution in [2.24, 2.45) is 5.92 Å². The molecule has 0 aliphatic carbocycles. The summed E-state index contributed by atoms with van der Waals surface area (Å²) in [5, 5.41) is 5.69. The third kappa shape index (κ3) is 6.41. The second-order valence-electron chi connectivity index (χ2n) is 8.67. The molecule has 3 aromatic carbocycles. The number of methoxy groups -OCH3 is 1. The molecule has 4 rings (SSSR count). The third-order valence-electron chi connectivity index (χ3n) is 5.98. The van der Waals surface area contributed by atoms with Gasteiger partial charge in [-0.2, -0.15) is 0 Å². The van der Waals surface area contributed by atoms with Gasteiger partial charge in [-0.3, -0.25) is 14.4 Å². The van der Waals surface area contributed by atoms with Gasteiger partial charge in [-0.25, -0.2) is 0 Å². The second kappa shape index (κ2) is 11.4. The number of nitrogens with zero attached hydrogens (tertiary/aromatic N) is 1. The highest BCUT2D eigenvalue weighted by Crippen LogP contribution is 2.27. The van der Waals surface area contributed by atoms with E-state index in [1.807, 2.05) is 55.5 Å². The van der Waals surface area contributed by atoms with Gasteiger partial charge >= 0.3 is 0 Å². The quantitative estimate of drug-likeness (QED) is 0.480. The smallest absolute Gasteiger partial charge is 0.262 e. The fraction of sp³-hybridized carbons (Fsp3) is 0.250. The van der Waals surface area contributed by atoms with E-state index in [1.54, 1.807) is 36.3 Å². The summed E-state index contributed by atoms with van der Waals surface area (Å²) in [5.74, 6) is 0.326. The van der Waals surface area contributed by atoms with E-state index in [-0.39, 0.29) is 30.7 Å². The van der Waals surface area contributed by atoms with Crippen LogP contribution in [0.4, 0.5) is 11.4 Å². The Morgan fingerprint density at radius 3 is 2.28 bits per heavy atom. The minimum Gasteiger partial charge on any atom is -0.497 e. The fourth-order valence-electron chi connectivity index (χ4n) is 3.91. The largest absolute Gasteiger partial charge is 0.497 e. The average Bonchev–Trinajstić information content (AvgIpc) is 3.29. The lowest BCUT2D eigenvalue weighted by molar-refractivity contribution is -0.126. The van der Waals surface area contributed by atoms with E-state index in [1.165, 1.54) is 0 Å². The maximum absolute atomic E-state index is 12.6. The zero-order chi connectivity index (χ0) is 25.5. The van der Waals surface area contributed by atoms with Crippen molar-refractivity contribution in [2.45, 2.75) is 19.9 Å². The molecule has 0 aromatic heterocycles. The molecule has 1 unspecified atom stereocenters. The lowest BCUT2D eigenvalue weighted by atomic mass is 10.1. The van der Waals surface area contributed by atoms with Crippen LogP contribution in [0.3, 0.4) is 0 Å². The summed E-state index contributed by atoms with van der Waals surface area (Å²) < 4.78 is 10.7. The first-order chi connectivity index (χ1) is 17.4. The van der Waals surface area contributed by atoms with Crippen LogP contribution in [0.2, 0.25) is 0 Å². The summed E-state index contributed by atoms with van der Waals surface area (Å²) in [4.78, 5) is 39.0. The topological polar surface area (TPSA) is 97.0 Å². The van der Waals surface area contributed by atoms with E-state index in [2.05, 4.69) is 10.6 Å². The summed E-state index contributed by atoms with van der Waals surface area (Å²) in [7, 11) is 1.60. The number of nitrogens with one attached hydrogen (secondary N) is 2. The molecule has 1 heterocycles. The number of rotatable bonds is 9. The van der Waals surface area contributed by atoms with E-state index in [0.29, 0.717) is 30.2 Å². The van der Waals surface area contributed by atoms with Gasteiger partial charge in [-0.05, 0) is 61.0 Å². The predicted molar refractivity (Wildman–Crippen MR) is 137 cm³/mol. The molecule has 8 nitrogen and oxygen atoms in total. The Morgan fingerprint density at radius 1 is 0.944 bits per heavy atom. The molecule has 3 amide bonds.